The highest BCUT2D eigenvalue weighted by Gasteiger charge is 2.22. The molecule has 0 saturated heterocycles. The minimum absolute atomic E-state index is 0.137. The van der Waals surface area contributed by atoms with Gasteiger partial charge in [-0.3, -0.25) is 4.55 Å². The first-order valence-electron chi connectivity index (χ1n) is 25.1. The van der Waals surface area contributed by atoms with E-state index in [0.717, 1.165) is 63.9 Å². The van der Waals surface area contributed by atoms with Gasteiger partial charge in [-0.1, -0.05) is 12.1 Å². The molecule has 6 aromatic carbocycles. The Kier molecular flexibility index (Phi) is 16.8. The minimum Gasteiger partial charge on any atom is -0.395 e. The van der Waals surface area contributed by atoms with Crippen molar-refractivity contribution < 1.29 is 23.2 Å². The van der Waals surface area contributed by atoms with Crippen LogP contribution in [0, 0.1) is 13.8 Å². The summed E-state index contributed by atoms with van der Waals surface area (Å²) in [4.78, 5) is 30.0. The number of aliphatic hydroxyl groups excluding tert-OH is 2. The normalized spacial score (nSPS) is 11.9. The van der Waals surface area contributed by atoms with E-state index in [-0.39, 0.29) is 49.0 Å². The lowest BCUT2D eigenvalue weighted by Crippen LogP contribution is -2.31. The van der Waals surface area contributed by atoms with Gasteiger partial charge >= 0.3 is 0 Å². The summed E-state index contributed by atoms with van der Waals surface area (Å²) in [5.41, 5.74) is 9.94. The predicted molar refractivity (Wildman–Crippen MR) is 311 cm³/mol. The van der Waals surface area contributed by atoms with Crippen molar-refractivity contribution in [2.75, 3.05) is 77.8 Å². The molecular formula is C55H58N14O5S3. The summed E-state index contributed by atoms with van der Waals surface area (Å²) in [6.07, 6.45) is 0. The van der Waals surface area contributed by atoms with E-state index in [1.807, 2.05) is 78.9 Å². The van der Waals surface area contributed by atoms with Crippen molar-refractivity contribution in [3.8, 4) is 21.1 Å². The summed E-state index contributed by atoms with van der Waals surface area (Å²) >= 11 is 2.83. The number of benzene rings is 6. The zero-order valence-electron chi connectivity index (χ0n) is 43.4. The Bertz CT molecular complexity index is 3710. The zero-order valence-corrected chi connectivity index (χ0v) is 45.8. The van der Waals surface area contributed by atoms with Crippen molar-refractivity contribution in [1.29, 1.82) is 0 Å². The molecule has 0 radical (unpaired) electrons. The largest absolute Gasteiger partial charge is 0.395 e. The highest BCUT2D eigenvalue weighted by atomic mass is 32.2. The van der Waals surface area contributed by atoms with Gasteiger partial charge < -0.3 is 35.5 Å². The van der Waals surface area contributed by atoms with E-state index in [1.165, 1.54) is 16.9 Å². The monoisotopic (exact) mass is 1090 g/mol. The molecule has 77 heavy (non-hydrogen) atoms. The average Bonchev–Trinajstić information content (AvgIpc) is 4.09. The van der Waals surface area contributed by atoms with Gasteiger partial charge in [0.2, 0.25) is 17.8 Å². The first kappa shape index (κ1) is 53.9. The molecule has 0 spiro atoms. The van der Waals surface area contributed by atoms with Crippen molar-refractivity contribution in [3.05, 3.63) is 126 Å². The number of azo groups is 2. The Morgan fingerprint density at radius 1 is 0.545 bits per heavy atom. The van der Waals surface area contributed by atoms with E-state index < -0.39 is 10.1 Å². The Hall–Kier alpha value is -7.86. The number of hydrogen-bond acceptors (Lipinski definition) is 20. The van der Waals surface area contributed by atoms with Gasteiger partial charge in [-0.2, -0.15) is 33.6 Å². The summed E-state index contributed by atoms with van der Waals surface area (Å²) in [6, 6.07) is 36.3. The lowest BCUT2D eigenvalue weighted by molar-refractivity contribution is 0.280. The Labute approximate surface area is 454 Å². The number of hydrogen-bond donors (Lipinski definition) is 5. The second-order valence-electron chi connectivity index (χ2n) is 17.8. The highest BCUT2D eigenvalue weighted by Crippen LogP contribution is 2.39. The first-order chi connectivity index (χ1) is 37.3. The van der Waals surface area contributed by atoms with Crippen molar-refractivity contribution in [1.82, 2.24) is 24.9 Å². The lowest BCUT2D eigenvalue weighted by atomic mass is 10.2. The zero-order chi connectivity index (χ0) is 54.2. The van der Waals surface area contributed by atoms with Crippen LogP contribution in [-0.4, -0.2) is 101 Å². The average molecular weight is 1090 g/mol. The summed E-state index contributed by atoms with van der Waals surface area (Å²) < 4.78 is 36.0. The number of anilines is 7. The van der Waals surface area contributed by atoms with E-state index in [0.29, 0.717) is 54.9 Å². The van der Waals surface area contributed by atoms with Gasteiger partial charge in [-0.15, -0.1) is 32.9 Å². The van der Waals surface area contributed by atoms with Crippen LogP contribution in [0.2, 0.25) is 0 Å². The smallest absolute Gasteiger partial charge is 0.296 e. The third-order valence-electron chi connectivity index (χ3n) is 12.6. The number of rotatable bonds is 22. The number of nitrogens with one attached hydrogen (secondary N) is 2. The summed E-state index contributed by atoms with van der Waals surface area (Å²) in [7, 11) is -4.47. The van der Waals surface area contributed by atoms with Crippen molar-refractivity contribution >= 4 is 117 Å². The van der Waals surface area contributed by atoms with Gasteiger partial charge in [0, 0.05) is 61.8 Å². The van der Waals surface area contributed by atoms with Crippen LogP contribution in [0.4, 0.5) is 63.3 Å². The van der Waals surface area contributed by atoms with Crippen molar-refractivity contribution in [2.45, 2.75) is 46.4 Å². The van der Waals surface area contributed by atoms with Crippen LogP contribution in [0.1, 0.15) is 38.8 Å². The molecule has 0 bridgehead atoms. The van der Waals surface area contributed by atoms with Gasteiger partial charge in [-0.25, -0.2) is 9.97 Å². The number of aliphatic hydroxyl groups is 2. The molecule has 3 aromatic heterocycles. The van der Waals surface area contributed by atoms with Crippen LogP contribution < -0.4 is 25.3 Å². The number of aryl methyl sites for hydroxylation is 2. The molecule has 5 N–H and O–H groups in total. The molecule has 0 aliphatic carbocycles. The summed E-state index contributed by atoms with van der Waals surface area (Å²) in [6.45, 7) is 14.9. The maximum absolute atomic E-state index is 12.3. The molecule has 0 atom stereocenters. The third-order valence-corrected chi connectivity index (χ3v) is 16.0. The predicted octanol–water partition coefficient (Wildman–Crippen LogP) is 13.1. The molecule has 0 saturated carbocycles. The second kappa shape index (κ2) is 24.0. The van der Waals surface area contributed by atoms with Crippen molar-refractivity contribution in [2.24, 2.45) is 20.5 Å². The quantitative estimate of drug-likeness (QED) is 0.0313. The maximum Gasteiger partial charge on any atom is 0.296 e. The standard InChI is InChI=1S/C55H58N14O5S3/c1-7-67(8-2)40-21-25-42(65-63-38-17-13-36(14-18-38)51-56-44-23-11-34(5)31-48(44)75-51)46(32-40)58-53-60-54(62-55(61-53)69(27-29-70)28-30-71)59-47-33-41(68(9-3)10-4)22-26-43(47)66-64-39-19-15-37(16-20-39)52-57-45-24-12-35(6)50(49(45)76-52)77(72,73)74/h11-26,31-33,70-71H,7-10,27-30H2,1-6H3,(H,72,73,74)(H2,58,59,60,61,62). The van der Waals surface area contributed by atoms with E-state index in [1.54, 1.807) is 47.4 Å². The van der Waals surface area contributed by atoms with Crippen LogP contribution in [0.25, 0.3) is 41.6 Å². The number of aromatic nitrogens is 5. The molecule has 19 nitrogen and oxygen atoms in total. The topological polar surface area (TPSA) is 242 Å². The van der Waals surface area contributed by atoms with Crippen LogP contribution >= 0.6 is 22.7 Å². The number of fused-ring (bicyclic) bond motifs is 2. The van der Waals surface area contributed by atoms with Crippen LogP contribution in [0.5, 0.6) is 0 Å². The molecule has 0 aliphatic rings. The number of nitrogens with zero attached hydrogens (tertiary/aromatic N) is 12. The molecule has 0 unspecified atom stereocenters. The third kappa shape index (κ3) is 12.5. The summed E-state index contributed by atoms with van der Waals surface area (Å²) in [5, 5.41) is 47.2. The molecular weight excluding hydrogens is 1030 g/mol. The molecule has 0 fully saturated rings. The molecule has 3 heterocycles. The second-order valence-corrected chi connectivity index (χ2v) is 21.1. The van der Waals surface area contributed by atoms with Crippen molar-refractivity contribution in [3.63, 3.8) is 0 Å². The Morgan fingerprint density at radius 3 is 1.53 bits per heavy atom. The number of thiazole rings is 2. The van der Waals surface area contributed by atoms with Crippen LogP contribution in [0.3, 0.4) is 0 Å². The fraction of sp³-hybridized carbons (Fsp3) is 0.255. The van der Waals surface area contributed by atoms with Gasteiger partial charge in [0.15, 0.2) is 0 Å². The van der Waals surface area contributed by atoms with Crippen LogP contribution in [-0.2, 0) is 10.1 Å². The molecule has 396 valence electrons. The first-order valence-corrected chi connectivity index (χ1v) is 28.2. The van der Waals surface area contributed by atoms with Gasteiger partial charge in [-0.05, 0) is 156 Å². The van der Waals surface area contributed by atoms with E-state index in [2.05, 4.69) is 82.4 Å². The van der Waals surface area contributed by atoms with E-state index >= 15 is 0 Å². The molecule has 9 aromatic rings. The molecule has 0 amide bonds. The SMILES string of the molecule is CCN(CC)c1ccc(N=Nc2ccc(-c3nc4ccc(C)cc4s3)cc2)c(Nc2nc(Nc3cc(N(CC)CC)ccc3N=Nc3ccc(-c4nc5ccc(C)c(S(=O)(=O)O)c5s4)cc3)nc(N(CCO)CCO)n2)c1. The molecule has 22 heteroatoms. The van der Waals surface area contributed by atoms with Gasteiger partial charge in [0.1, 0.15) is 26.3 Å². The summed E-state index contributed by atoms with van der Waals surface area (Å²) in [5.74, 6) is 0.494. The van der Waals surface area contributed by atoms with E-state index in [4.69, 9.17) is 30.2 Å². The van der Waals surface area contributed by atoms with E-state index in [9.17, 15) is 23.2 Å². The minimum atomic E-state index is -4.47. The fourth-order valence-electron chi connectivity index (χ4n) is 8.64. The van der Waals surface area contributed by atoms with Gasteiger partial charge in [0.25, 0.3) is 10.1 Å². The maximum atomic E-state index is 12.3. The highest BCUT2D eigenvalue weighted by molar-refractivity contribution is 7.86. The van der Waals surface area contributed by atoms with Gasteiger partial charge in [0.05, 0.1) is 56.4 Å². The lowest BCUT2D eigenvalue weighted by Gasteiger charge is -2.24. The Morgan fingerprint density at radius 2 is 1.04 bits per heavy atom. The molecule has 9 rings (SSSR count). The molecule has 0 aliphatic heterocycles. The fourth-order valence-corrected chi connectivity index (χ4v) is 12.0. The Balaban J connectivity index is 1.04. The van der Waals surface area contributed by atoms with Crippen LogP contribution in [0.15, 0.2) is 141 Å².